The summed E-state index contributed by atoms with van der Waals surface area (Å²) in [5, 5.41) is 0. The van der Waals surface area contributed by atoms with Gasteiger partial charge in [0.15, 0.2) is 0 Å². The van der Waals surface area contributed by atoms with E-state index < -0.39 is 0 Å². The Bertz CT molecular complexity index is 119. The molecule has 0 aliphatic carbocycles. The molecule has 0 aromatic rings. The summed E-state index contributed by atoms with van der Waals surface area (Å²) in [6.07, 6.45) is 5.13. The molecule has 13 heavy (non-hydrogen) atoms. The molecular weight excluding hydrogens is 162 g/mol. The Morgan fingerprint density at radius 1 is 1.31 bits per heavy atom. The minimum Gasteiger partial charge on any atom is -0.381 e. The molecule has 1 aliphatic rings. The monoisotopic (exact) mass is 185 g/mol. The number of nitrogens with zero attached hydrogens (tertiary/aromatic N) is 1. The van der Waals surface area contributed by atoms with Gasteiger partial charge in [0.1, 0.15) is 0 Å². The highest BCUT2D eigenvalue weighted by atomic mass is 16.5. The van der Waals surface area contributed by atoms with Gasteiger partial charge in [-0.3, -0.25) is 0 Å². The zero-order chi connectivity index (χ0) is 9.52. The maximum Gasteiger partial charge on any atom is 0.0469 e. The van der Waals surface area contributed by atoms with Crippen molar-refractivity contribution in [1.29, 1.82) is 0 Å². The molecule has 0 N–H and O–H groups in total. The SMILES string of the molecule is CCCN(C)CC1CCCOCC1. The van der Waals surface area contributed by atoms with Crippen molar-refractivity contribution in [2.45, 2.75) is 32.6 Å². The average molecular weight is 185 g/mol. The topological polar surface area (TPSA) is 12.5 Å². The van der Waals surface area contributed by atoms with E-state index >= 15 is 0 Å². The van der Waals surface area contributed by atoms with Crippen molar-refractivity contribution in [2.75, 3.05) is 33.4 Å². The number of rotatable bonds is 4. The zero-order valence-corrected chi connectivity index (χ0v) is 9.09. The maximum atomic E-state index is 5.45. The highest BCUT2D eigenvalue weighted by Gasteiger charge is 2.13. The Kier molecular flexibility index (Phi) is 5.40. The summed E-state index contributed by atoms with van der Waals surface area (Å²) in [4.78, 5) is 2.45. The summed E-state index contributed by atoms with van der Waals surface area (Å²) in [7, 11) is 2.23. The molecular formula is C11H23NO. The second kappa shape index (κ2) is 6.39. The molecule has 1 unspecified atom stereocenters. The molecule has 2 nitrogen and oxygen atoms in total. The summed E-state index contributed by atoms with van der Waals surface area (Å²) in [5.74, 6) is 0.874. The third-order valence-corrected chi connectivity index (χ3v) is 2.75. The highest BCUT2D eigenvalue weighted by Crippen LogP contribution is 2.16. The molecule has 1 fully saturated rings. The van der Waals surface area contributed by atoms with E-state index in [4.69, 9.17) is 4.74 Å². The molecule has 0 bridgehead atoms. The Morgan fingerprint density at radius 2 is 2.15 bits per heavy atom. The van der Waals surface area contributed by atoms with Crippen LogP contribution in [0.1, 0.15) is 32.6 Å². The van der Waals surface area contributed by atoms with Gasteiger partial charge < -0.3 is 9.64 Å². The lowest BCUT2D eigenvalue weighted by atomic mass is 10.0. The van der Waals surface area contributed by atoms with E-state index in [1.807, 2.05) is 0 Å². The van der Waals surface area contributed by atoms with Gasteiger partial charge in [-0.05, 0) is 45.2 Å². The van der Waals surface area contributed by atoms with Crippen molar-refractivity contribution in [2.24, 2.45) is 5.92 Å². The highest BCUT2D eigenvalue weighted by molar-refractivity contribution is 4.66. The van der Waals surface area contributed by atoms with Crippen molar-refractivity contribution >= 4 is 0 Å². The third kappa shape index (κ3) is 4.63. The third-order valence-electron chi connectivity index (χ3n) is 2.75. The first-order valence-corrected chi connectivity index (χ1v) is 5.59. The van der Waals surface area contributed by atoms with Crippen LogP contribution in [0.2, 0.25) is 0 Å². The molecule has 1 saturated heterocycles. The van der Waals surface area contributed by atoms with Crippen LogP contribution in [0, 0.1) is 5.92 Å². The zero-order valence-electron chi connectivity index (χ0n) is 9.09. The van der Waals surface area contributed by atoms with Gasteiger partial charge in [-0.25, -0.2) is 0 Å². The van der Waals surface area contributed by atoms with E-state index in [1.54, 1.807) is 0 Å². The Morgan fingerprint density at radius 3 is 2.92 bits per heavy atom. The number of hydrogen-bond acceptors (Lipinski definition) is 2. The van der Waals surface area contributed by atoms with Crippen molar-refractivity contribution in [3.63, 3.8) is 0 Å². The lowest BCUT2D eigenvalue weighted by Gasteiger charge is -2.21. The smallest absolute Gasteiger partial charge is 0.0469 e. The molecule has 1 atom stereocenters. The molecule has 0 aromatic heterocycles. The number of hydrogen-bond donors (Lipinski definition) is 0. The Balaban J connectivity index is 2.17. The standard InChI is InChI=1S/C11H23NO/c1-3-7-12(2)10-11-5-4-8-13-9-6-11/h11H,3-10H2,1-2H3. The molecule has 0 saturated carbocycles. The first kappa shape index (κ1) is 11.0. The van der Waals surface area contributed by atoms with Gasteiger partial charge in [0.25, 0.3) is 0 Å². The van der Waals surface area contributed by atoms with Crippen molar-refractivity contribution < 1.29 is 4.74 Å². The van der Waals surface area contributed by atoms with Crippen LogP contribution in [-0.4, -0.2) is 38.3 Å². The van der Waals surface area contributed by atoms with Crippen molar-refractivity contribution in [1.82, 2.24) is 4.90 Å². The molecule has 0 radical (unpaired) electrons. The van der Waals surface area contributed by atoms with Gasteiger partial charge in [0, 0.05) is 19.8 Å². The van der Waals surface area contributed by atoms with Gasteiger partial charge in [-0.1, -0.05) is 6.92 Å². The first-order valence-electron chi connectivity index (χ1n) is 5.59. The van der Waals surface area contributed by atoms with Crippen LogP contribution in [0.15, 0.2) is 0 Å². The summed E-state index contributed by atoms with van der Waals surface area (Å²) >= 11 is 0. The summed E-state index contributed by atoms with van der Waals surface area (Å²) < 4.78 is 5.45. The first-order chi connectivity index (χ1) is 6.33. The predicted octanol–water partition coefficient (Wildman–Crippen LogP) is 2.14. The van der Waals surface area contributed by atoms with Crippen LogP contribution >= 0.6 is 0 Å². The maximum absolute atomic E-state index is 5.45. The molecule has 1 heterocycles. The fourth-order valence-electron chi connectivity index (χ4n) is 2.07. The van der Waals surface area contributed by atoms with Crippen LogP contribution in [-0.2, 0) is 4.74 Å². The van der Waals surface area contributed by atoms with Crippen LogP contribution < -0.4 is 0 Å². The number of ether oxygens (including phenoxy) is 1. The van der Waals surface area contributed by atoms with Crippen LogP contribution in [0.5, 0.6) is 0 Å². The van der Waals surface area contributed by atoms with Gasteiger partial charge in [-0.15, -0.1) is 0 Å². The lowest BCUT2D eigenvalue weighted by molar-refractivity contribution is 0.139. The quantitative estimate of drug-likeness (QED) is 0.665. The summed E-state index contributed by atoms with van der Waals surface area (Å²) in [6, 6.07) is 0. The van der Waals surface area contributed by atoms with E-state index in [0.717, 1.165) is 19.1 Å². The van der Waals surface area contributed by atoms with E-state index in [0.29, 0.717) is 0 Å². The van der Waals surface area contributed by atoms with E-state index in [1.165, 1.54) is 38.8 Å². The van der Waals surface area contributed by atoms with Crippen molar-refractivity contribution in [3.05, 3.63) is 0 Å². The second-order valence-electron chi connectivity index (χ2n) is 4.17. The van der Waals surface area contributed by atoms with Crippen molar-refractivity contribution in [3.8, 4) is 0 Å². The summed E-state index contributed by atoms with van der Waals surface area (Å²) in [5.41, 5.74) is 0. The normalized spacial score (nSPS) is 24.7. The minimum atomic E-state index is 0.874. The van der Waals surface area contributed by atoms with E-state index in [2.05, 4.69) is 18.9 Å². The summed E-state index contributed by atoms with van der Waals surface area (Å²) in [6.45, 7) is 6.69. The lowest BCUT2D eigenvalue weighted by Crippen LogP contribution is -2.26. The van der Waals surface area contributed by atoms with E-state index in [-0.39, 0.29) is 0 Å². The molecule has 2 heteroatoms. The average Bonchev–Trinajstić information content (AvgIpc) is 2.33. The minimum absolute atomic E-state index is 0.874. The Hall–Kier alpha value is -0.0800. The van der Waals surface area contributed by atoms with Gasteiger partial charge in [-0.2, -0.15) is 0 Å². The molecule has 0 aromatic carbocycles. The fraction of sp³-hybridized carbons (Fsp3) is 1.00. The largest absolute Gasteiger partial charge is 0.381 e. The molecule has 78 valence electrons. The predicted molar refractivity (Wildman–Crippen MR) is 55.9 cm³/mol. The second-order valence-corrected chi connectivity index (χ2v) is 4.17. The van der Waals surface area contributed by atoms with Gasteiger partial charge in [0.2, 0.25) is 0 Å². The fourth-order valence-corrected chi connectivity index (χ4v) is 2.07. The van der Waals surface area contributed by atoms with Crippen LogP contribution in [0.4, 0.5) is 0 Å². The van der Waals surface area contributed by atoms with E-state index in [9.17, 15) is 0 Å². The van der Waals surface area contributed by atoms with Gasteiger partial charge >= 0.3 is 0 Å². The Labute approximate surface area is 82.3 Å². The van der Waals surface area contributed by atoms with Crippen LogP contribution in [0.25, 0.3) is 0 Å². The molecule has 1 aliphatic heterocycles. The molecule has 0 amide bonds. The van der Waals surface area contributed by atoms with Gasteiger partial charge in [0.05, 0.1) is 0 Å². The molecule has 0 spiro atoms. The van der Waals surface area contributed by atoms with Crippen LogP contribution in [0.3, 0.4) is 0 Å². The molecule has 1 rings (SSSR count).